The number of benzene rings is 2. The third-order valence-electron chi connectivity index (χ3n) is 4.01. The van der Waals surface area contributed by atoms with Gasteiger partial charge in [0.1, 0.15) is 17.2 Å². The summed E-state index contributed by atoms with van der Waals surface area (Å²) in [6, 6.07) is 16.1. The van der Waals surface area contributed by atoms with Crippen LogP contribution in [0.5, 0.6) is 5.75 Å². The molecule has 2 aromatic rings. The third-order valence-corrected chi connectivity index (χ3v) is 5.33. The van der Waals surface area contributed by atoms with Crippen molar-refractivity contribution in [2.24, 2.45) is 0 Å². The molecule has 130 valence electrons. The van der Waals surface area contributed by atoms with Crippen LogP contribution in [0.4, 0.5) is 0 Å². The molecule has 1 N–H and O–H groups in total. The molecule has 25 heavy (non-hydrogen) atoms. The van der Waals surface area contributed by atoms with Crippen molar-refractivity contribution in [1.82, 2.24) is 4.90 Å². The van der Waals surface area contributed by atoms with Crippen LogP contribution in [0.25, 0.3) is 0 Å². The second kappa shape index (κ2) is 7.61. The quantitative estimate of drug-likeness (QED) is 0.891. The minimum absolute atomic E-state index is 0.183. The zero-order valence-electron chi connectivity index (χ0n) is 13.8. The van der Waals surface area contributed by atoms with E-state index in [9.17, 15) is 14.7 Å². The molecular formula is C19H19NO4S. The molecule has 1 saturated heterocycles. The Morgan fingerprint density at radius 1 is 1.20 bits per heavy atom. The van der Waals surface area contributed by atoms with Gasteiger partial charge < -0.3 is 14.7 Å². The zero-order valence-corrected chi connectivity index (χ0v) is 14.6. The van der Waals surface area contributed by atoms with E-state index in [4.69, 9.17) is 4.74 Å². The monoisotopic (exact) mass is 357 g/mol. The topological polar surface area (TPSA) is 66.8 Å². The fraction of sp³-hybridized carbons (Fsp3) is 0.263. The van der Waals surface area contributed by atoms with Crippen molar-refractivity contribution in [1.29, 1.82) is 0 Å². The molecule has 3 rings (SSSR count). The number of carboxylic acid groups (broad SMARTS) is 1. The minimum atomic E-state index is -0.991. The number of carbonyl (C=O) groups excluding carboxylic acids is 1. The Bertz CT molecular complexity index is 765. The Kier molecular flexibility index (Phi) is 5.28. The second-order valence-electron chi connectivity index (χ2n) is 5.86. The molecule has 0 radical (unpaired) electrons. The van der Waals surface area contributed by atoms with Crippen molar-refractivity contribution >= 4 is 23.6 Å². The number of rotatable bonds is 5. The average molecular weight is 357 g/mol. The first-order valence-electron chi connectivity index (χ1n) is 7.96. The summed E-state index contributed by atoms with van der Waals surface area (Å²) in [4.78, 5) is 25.7. The zero-order chi connectivity index (χ0) is 17.8. The number of carboxylic acids is 1. The van der Waals surface area contributed by atoms with Gasteiger partial charge in [0.15, 0.2) is 6.61 Å². The first kappa shape index (κ1) is 17.4. The van der Waals surface area contributed by atoms with Gasteiger partial charge in [-0.15, -0.1) is 11.8 Å². The number of thioether (sulfide) groups is 1. The maximum absolute atomic E-state index is 12.7. The molecule has 0 bridgehead atoms. The van der Waals surface area contributed by atoms with Crippen molar-refractivity contribution in [2.75, 3.05) is 12.4 Å². The van der Waals surface area contributed by atoms with Gasteiger partial charge in [0.05, 0.1) is 0 Å². The van der Waals surface area contributed by atoms with Crippen molar-refractivity contribution in [3.8, 4) is 5.75 Å². The summed E-state index contributed by atoms with van der Waals surface area (Å²) in [5, 5.41) is 9.16. The van der Waals surface area contributed by atoms with Crippen LogP contribution in [0.2, 0.25) is 0 Å². The molecule has 0 spiro atoms. The highest BCUT2D eigenvalue weighted by molar-refractivity contribution is 7.99. The molecule has 1 aliphatic heterocycles. The van der Waals surface area contributed by atoms with Crippen LogP contribution in [0.1, 0.15) is 16.5 Å². The lowest BCUT2D eigenvalue weighted by Crippen LogP contribution is -2.45. The van der Waals surface area contributed by atoms with Gasteiger partial charge >= 0.3 is 5.97 Å². The van der Waals surface area contributed by atoms with E-state index in [0.29, 0.717) is 11.5 Å². The second-order valence-corrected chi connectivity index (χ2v) is 6.97. The predicted octanol–water partition coefficient (Wildman–Crippen LogP) is 3.10. The van der Waals surface area contributed by atoms with E-state index >= 15 is 0 Å². The summed E-state index contributed by atoms with van der Waals surface area (Å²) in [5.41, 5.74) is 1.95. The molecule has 1 heterocycles. The molecular weight excluding hydrogens is 338 g/mol. The van der Waals surface area contributed by atoms with Crippen LogP contribution in [-0.4, -0.2) is 40.3 Å². The average Bonchev–Trinajstić information content (AvgIpc) is 3.06. The van der Waals surface area contributed by atoms with Gasteiger partial charge in [-0.25, -0.2) is 4.79 Å². The predicted molar refractivity (Wildman–Crippen MR) is 96.6 cm³/mol. The Labute approximate surface area is 150 Å². The third kappa shape index (κ3) is 3.96. The fourth-order valence-electron chi connectivity index (χ4n) is 2.80. The summed E-state index contributed by atoms with van der Waals surface area (Å²) >= 11 is 1.46. The van der Waals surface area contributed by atoms with Crippen LogP contribution in [-0.2, 0) is 9.59 Å². The van der Waals surface area contributed by atoms with E-state index in [-0.39, 0.29) is 17.9 Å². The summed E-state index contributed by atoms with van der Waals surface area (Å²) in [6.45, 7) is 1.76. The van der Waals surface area contributed by atoms with Crippen molar-refractivity contribution in [3.05, 3.63) is 65.7 Å². The Morgan fingerprint density at radius 3 is 2.64 bits per heavy atom. The van der Waals surface area contributed by atoms with Gasteiger partial charge in [-0.2, -0.15) is 0 Å². The van der Waals surface area contributed by atoms with E-state index < -0.39 is 12.0 Å². The number of aliphatic carboxylic acids is 1. The van der Waals surface area contributed by atoms with Crippen LogP contribution in [0, 0.1) is 6.92 Å². The molecule has 1 fully saturated rings. The minimum Gasteiger partial charge on any atom is -0.484 e. The highest BCUT2D eigenvalue weighted by Crippen LogP contribution is 2.41. The normalized spacial score (nSPS) is 19.6. The van der Waals surface area contributed by atoms with Crippen LogP contribution >= 0.6 is 11.8 Å². The van der Waals surface area contributed by atoms with Gasteiger partial charge in [-0.05, 0) is 30.2 Å². The van der Waals surface area contributed by atoms with E-state index in [0.717, 1.165) is 11.1 Å². The van der Waals surface area contributed by atoms with E-state index in [1.54, 1.807) is 6.07 Å². The summed E-state index contributed by atoms with van der Waals surface area (Å²) in [5.74, 6) is -0.351. The first-order valence-corrected chi connectivity index (χ1v) is 9.01. The molecule has 2 atom stereocenters. The SMILES string of the molecule is Cc1cccc(OCC(=O)N2C(C(=O)O)CSC2c2ccccc2)c1. The Hall–Kier alpha value is -2.47. The number of hydrogen-bond acceptors (Lipinski definition) is 4. The number of nitrogens with zero attached hydrogens (tertiary/aromatic N) is 1. The van der Waals surface area contributed by atoms with Crippen molar-refractivity contribution in [3.63, 3.8) is 0 Å². The number of hydrogen-bond donors (Lipinski definition) is 1. The number of amides is 1. The van der Waals surface area contributed by atoms with Crippen molar-refractivity contribution in [2.45, 2.75) is 18.3 Å². The van der Waals surface area contributed by atoms with E-state index in [1.807, 2.05) is 55.5 Å². The molecule has 1 amide bonds. The Balaban J connectivity index is 1.77. The van der Waals surface area contributed by atoms with Gasteiger partial charge in [-0.3, -0.25) is 4.79 Å². The lowest BCUT2D eigenvalue weighted by Gasteiger charge is -2.27. The van der Waals surface area contributed by atoms with Gasteiger partial charge in [-0.1, -0.05) is 42.5 Å². The molecule has 0 aliphatic carbocycles. The van der Waals surface area contributed by atoms with Gasteiger partial charge in [0, 0.05) is 5.75 Å². The highest BCUT2D eigenvalue weighted by Gasteiger charge is 2.42. The standard InChI is InChI=1S/C19H19NO4S/c1-13-6-5-9-15(10-13)24-11-17(21)20-16(19(22)23)12-25-18(20)14-7-3-2-4-8-14/h2-10,16,18H,11-12H2,1H3,(H,22,23). The first-order chi connectivity index (χ1) is 12.1. The molecule has 2 unspecified atom stereocenters. The lowest BCUT2D eigenvalue weighted by molar-refractivity contribution is -0.150. The lowest BCUT2D eigenvalue weighted by atomic mass is 10.1. The van der Waals surface area contributed by atoms with Crippen molar-refractivity contribution < 1.29 is 19.4 Å². The van der Waals surface area contributed by atoms with Crippen LogP contribution < -0.4 is 4.74 Å². The summed E-state index contributed by atoms with van der Waals surface area (Å²) in [7, 11) is 0. The molecule has 2 aromatic carbocycles. The summed E-state index contributed by atoms with van der Waals surface area (Å²) < 4.78 is 5.58. The van der Waals surface area contributed by atoms with Gasteiger partial charge in [0.25, 0.3) is 5.91 Å². The molecule has 1 aliphatic rings. The van der Waals surface area contributed by atoms with Crippen LogP contribution in [0.15, 0.2) is 54.6 Å². The van der Waals surface area contributed by atoms with Crippen LogP contribution in [0.3, 0.4) is 0 Å². The molecule has 5 nitrogen and oxygen atoms in total. The molecule has 6 heteroatoms. The van der Waals surface area contributed by atoms with E-state index in [1.165, 1.54) is 16.7 Å². The van der Waals surface area contributed by atoms with E-state index in [2.05, 4.69) is 0 Å². The molecule has 0 saturated carbocycles. The Morgan fingerprint density at radius 2 is 1.96 bits per heavy atom. The molecule has 0 aromatic heterocycles. The summed E-state index contributed by atoms with van der Waals surface area (Å²) in [6.07, 6.45) is 0. The number of ether oxygens (including phenoxy) is 1. The maximum Gasteiger partial charge on any atom is 0.327 e. The fourth-order valence-corrected chi connectivity index (χ4v) is 4.24. The smallest absolute Gasteiger partial charge is 0.327 e. The number of aryl methyl sites for hydroxylation is 1. The number of carbonyl (C=O) groups is 2. The maximum atomic E-state index is 12.7. The highest BCUT2D eigenvalue weighted by atomic mass is 32.2. The van der Waals surface area contributed by atoms with Gasteiger partial charge in [0.2, 0.25) is 0 Å². The largest absolute Gasteiger partial charge is 0.484 e.